The van der Waals surface area contributed by atoms with Gasteiger partial charge in [0.1, 0.15) is 12.0 Å². The van der Waals surface area contributed by atoms with E-state index in [-0.39, 0.29) is 30.8 Å². The predicted molar refractivity (Wildman–Crippen MR) is 122 cm³/mol. The molecule has 0 bridgehead atoms. The van der Waals surface area contributed by atoms with Crippen LogP contribution in [-0.2, 0) is 14.9 Å². The Morgan fingerprint density at radius 2 is 1.32 bits per heavy atom. The van der Waals surface area contributed by atoms with Gasteiger partial charge in [0.05, 0.1) is 0 Å². The molecule has 5 heteroatoms. The molecule has 0 aliphatic carbocycles. The van der Waals surface area contributed by atoms with Gasteiger partial charge in [-0.25, -0.2) is 0 Å². The summed E-state index contributed by atoms with van der Waals surface area (Å²) < 4.78 is 5.82. The van der Waals surface area contributed by atoms with E-state index in [4.69, 9.17) is 4.74 Å². The lowest BCUT2D eigenvalue weighted by Crippen LogP contribution is -2.40. The number of benzene rings is 2. The number of rotatable bonds is 10. The molecule has 156 valence electrons. The molecule has 0 heterocycles. The zero-order valence-corrected chi connectivity index (χ0v) is 18.7. The first kappa shape index (κ1) is 26.4. The summed E-state index contributed by atoms with van der Waals surface area (Å²) in [6, 6.07) is 20.1. The number of ether oxygens (including phenoxy) is 1. The summed E-state index contributed by atoms with van der Waals surface area (Å²) in [6.45, 7) is 9.48. The molecule has 0 amide bonds. The topological polar surface area (TPSA) is 29.5 Å². The lowest BCUT2D eigenvalue weighted by atomic mass is 9.71. The lowest BCUT2D eigenvalue weighted by molar-refractivity contribution is -0.149. The molecule has 0 spiro atoms. The van der Waals surface area contributed by atoms with E-state index in [1.807, 2.05) is 60.7 Å². The van der Waals surface area contributed by atoms with Crippen molar-refractivity contribution < 1.29 is 9.53 Å². The number of hydrogen-bond acceptors (Lipinski definition) is 3. The van der Waals surface area contributed by atoms with E-state index in [2.05, 4.69) is 25.7 Å². The standard InChI is InChI=1S/C23H31NO2.2ClH/c1-4-17-23(20-13-9-7-10-14-20,21-15-11-8-12-16-21)22(25)26-19-18-24(5-2)6-3;;/h7-16H,4-6,17-19H2,1-3H3;2*1H. The fourth-order valence-electron chi connectivity index (χ4n) is 3.54. The summed E-state index contributed by atoms with van der Waals surface area (Å²) in [6.07, 6.45) is 1.63. The van der Waals surface area contributed by atoms with Crippen LogP contribution in [0.1, 0.15) is 44.7 Å². The van der Waals surface area contributed by atoms with E-state index in [1.54, 1.807) is 0 Å². The van der Waals surface area contributed by atoms with Crippen LogP contribution in [0, 0.1) is 0 Å². The average Bonchev–Trinajstić information content (AvgIpc) is 2.70. The summed E-state index contributed by atoms with van der Waals surface area (Å²) in [5, 5.41) is 0. The van der Waals surface area contributed by atoms with Crippen LogP contribution in [0.15, 0.2) is 60.7 Å². The molecule has 2 aromatic rings. The molecule has 0 aromatic heterocycles. The van der Waals surface area contributed by atoms with Gasteiger partial charge in [-0.3, -0.25) is 4.79 Å². The summed E-state index contributed by atoms with van der Waals surface area (Å²) >= 11 is 0. The summed E-state index contributed by atoms with van der Waals surface area (Å²) in [4.78, 5) is 15.6. The minimum atomic E-state index is -0.749. The summed E-state index contributed by atoms with van der Waals surface area (Å²) in [5.41, 5.74) is 1.25. The zero-order valence-electron chi connectivity index (χ0n) is 17.1. The molecule has 0 aliphatic rings. The van der Waals surface area contributed by atoms with Crippen LogP contribution in [-0.4, -0.2) is 37.1 Å². The fourth-order valence-corrected chi connectivity index (χ4v) is 3.54. The Bertz CT molecular complexity index is 621. The van der Waals surface area contributed by atoms with Crippen LogP contribution in [0.5, 0.6) is 0 Å². The van der Waals surface area contributed by atoms with Gasteiger partial charge < -0.3 is 9.64 Å². The van der Waals surface area contributed by atoms with Crippen molar-refractivity contribution in [2.24, 2.45) is 0 Å². The molecule has 28 heavy (non-hydrogen) atoms. The number of esters is 1. The van der Waals surface area contributed by atoms with Gasteiger partial charge in [0, 0.05) is 6.54 Å². The smallest absolute Gasteiger partial charge is 0.321 e. The van der Waals surface area contributed by atoms with Crippen molar-refractivity contribution in [3.05, 3.63) is 71.8 Å². The van der Waals surface area contributed by atoms with Crippen LogP contribution < -0.4 is 0 Å². The van der Waals surface area contributed by atoms with Crippen LogP contribution in [0.4, 0.5) is 0 Å². The Morgan fingerprint density at radius 3 is 1.71 bits per heavy atom. The first-order valence-electron chi connectivity index (χ1n) is 9.69. The van der Waals surface area contributed by atoms with Crippen molar-refractivity contribution in [2.75, 3.05) is 26.2 Å². The van der Waals surface area contributed by atoms with Crippen molar-refractivity contribution >= 4 is 30.8 Å². The molecule has 0 fully saturated rings. The predicted octanol–water partition coefficient (Wildman–Crippen LogP) is 5.50. The third-order valence-electron chi connectivity index (χ3n) is 5.04. The van der Waals surface area contributed by atoms with Crippen LogP contribution >= 0.6 is 24.8 Å². The van der Waals surface area contributed by atoms with E-state index < -0.39 is 5.41 Å². The highest BCUT2D eigenvalue weighted by molar-refractivity contribution is 5.87. The van der Waals surface area contributed by atoms with Gasteiger partial charge in [0.15, 0.2) is 0 Å². The highest BCUT2D eigenvalue weighted by Crippen LogP contribution is 2.38. The highest BCUT2D eigenvalue weighted by atomic mass is 35.5. The third-order valence-corrected chi connectivity index (χ3v) is 5.04. The van der Waals surface area contributed by atoms with E-state index in [0.29, 0.717) is 6.61 Å². The molecule has 2 rings (SSSR count). The van der Waals surface area contributed by atoms with E-state index in [9.17, 15) is 4.79 Å². The molecule has 0 aliphatic heterocycles. The maximum Gasteiger partial charge on any atom is 0.321 e. The first-order chi connectivity index (χ1) is 12.7. The minimum absolute atomic E-state index is 0. The van der Waals surface area contributed by atoms with Crippen molar-refractivity contribution in [2.45, 2.75) is 39.0 Å². The van der Waals surface area contributed by atoms with Crippen LogP contribution in [0.2, 0.25) is 0 Å². The molecule has 0 saturated carbocycles. The number of likely N-dealkylation sites (N-methyl/N-ethyl adjacent to an activating group) is 1. The highest BCUT2D eigenvalue weighted by Gasteiger charge is 2.42. The van der Waals surface area contributed by atoms with Gasteiger partial charge in [0.2, 0.25) is 0 Å². The number of halogens is 2. The molecule has 0 atom stereocenters. The second-order valence-electron chi connectivity index (χ2n) is 6.55. The second-order valence-corrected chi connectivity index (χ2v) is 6.55. The number of carbonyl (C=O) groups is 1. The zero-order chi connectivity index (χ0) is 18.8. The van der Waals surface area contributed by atoms with Crippen LogP contribution in [0.3, 0.4) is 0 Å². The fraction of sp³-hybridized carbons (Fsp3) is 0.435. The van der Waals surface area contributed by atoms with Crippen molar-refractivity contribution in [3.8, 4) is 0 Å². The van der Waals surface area contributed by atoms with Gasteiger partial charge >= 0.3 is 5.97 Å². The van der Waals surface area contributed by atoms with Crippen LogP contribution in [0.25, 0.3) is 0 Å². The van der Waals surface area contributed by atoms with E-state index in [0.717, 1.165) is 43.6 Å². The maximum atomic E-state index is 13.4. The molecular formula is C23H33Cl2NO2. The van der Waals surface area contributed by atoms with E-state index >= 15 is 0 Å². The Hall–Kier alpha value is -1.55. The largest absolute Gasteiger partial charge is 0.463 e. The Kier molecular flexibility index (Phi) is 12.8. The molecule has 0 saturated heterocycles. The number of nitrogens with zero attached hydrogens (tertiary/aromatic N) is 1. The first-order valence-corrected chi connectivity index (χ1v) is 9.69. The molecular weight excluding hydrogens is 393 g/mol. The van der Waals surface area contributed by atoms with E-state index in [1.165, 1.54) is 0 Å². The second kappa shape index (κ2) is 13.6. The van der Waals surface area contributed by atoms with Crippen molar-refractivity contribution in [1.82, 2.24) is 4.90 Å². The van der Waals surface area contributed by atoms with Gasteiger partial charge in [-0.1, -0.05) is 87.9 Å². The quantitative estimate of drug-likeness (QED) is 0.470. The number of hydrogen-bond donors (Lipinski definition) is 0. The van der Waals surface area contributed by atoms with Gasteiger partial charge in [-0.05, 0) is 30.6 Å². The van der Waals surface area contributed by atoms with Gasteiger partial charge in [-0.15, -0.1) is 24.8 Å². The minimum Gasteiger partial charge on any atom is -0.463 e. The van der Waals surface area contributed by atoms with Crippen molar-refractivity contribution in [1.29, 1.82) is 0 Å². The normalized spacial score (nSPS) is 10.7. The van der Waals surface area contributed by atoms with Gasteiger partial charge in [-0.2, -0.15) is 0 Å². The molecule has 3 nitrogen and oxygen atoms in total. The average molecular weight is 426 g/mol. The van der Waals surface area contributed by atoms with Crippen molar-refractivity contribution in [3.63, 3.8) is 0 Å². The molecule has 0 radical (unpaired) electrons. The van der Waals surface area contributed by atoms with Gasteiger partial charge in [0.25, 0.3) is 0 Å². The molecule has 0 N–H and O–H groups in total. The maximum absolute atomic E-state index is 13.4. The molecule has 0 unspecified atom stereocenters. The molecule has 2 aromatic carbocycles. The monoisotopic (exact) mass is 425 g/mol. The summed E-state index contributed by atoms with van der Waals surface area (Å²) in [7, 11) is 0. The Labute approximate surface area is 182 Å². The Balaban J connectivity index is 0.00000364. The summed E-state index contributed by atoms with van der Waals surface area (Å²) in [5.74, 6) is -0.149. The third kappa shape index (κ3) is 6.23. The number of carbonyl (C=O) groups excluding carboxylic acids is 1. The Morgan fingerprint density at radius 1 is 0.857 bits per heavy atom. The lowest BCUT2D eigenvalue weighted by Gasteiger charge is -2.33. The SMILES string of the molecule is CCCC(C(=O)OCCN(CC)CC)(c1ccccc1)c1ccccc1.Cl.Cl.